The Kier molecular flexibility index (Phi) is 7.45. The molecule has 1 saturated carbocycles. The third kappa shape index (κ3) is 5.68. The lowest BCUT2D eigenvalue weighted by Gasteiger charge is -2.44. The van der Waals surface area contributed by atoms with Crippen LogP contribution >= 0.6 is 11.6 Å². The molecule has 0 amide bonds. The second-order valence-electron chi connectivity index (χ2n) is 8.77. The molecule has 1 aliphatic heterocycles. The fraction of sp³-hybridized carbons (Fsp3) is 0.542. The number of benzene rings is 1. The molecule has 6 nitrogen and oxygen atoms in total. The summed E-state index contributed by atoms with van der Waals surface area (Å²) in [4.78, 5) is 22.2. The number of carbonyl (C=O) groups excluding carboxylic acids is 1. The van der Waals surface area contributed by atoms with Crippen LogP contribution in [0.2, 0.25) is 5.02 Å². The normalized spacial score (nSPS) is 21.2. The first-order valence-corrected chi connectivity index (χ1v) is 11.6. The molecular weight excluding hydrogens is 433 g/mol. The summed E-state index contributed by atoms with van der Waals surface area (Å²) in [6.45, 7) is 2.57. The van der Waals surface area contributed by atoms with Crippen LogP contribution < -0.4 is 9.64 Å². The Morgan fingerprint density at radius 1 is 1.19 bits per heavy atom. The smallest absolute Gasteiger partial charge is 0.310 e. The van der Waals surface area contributed by atoms with Crippen molar-refractivity contribution in [2.45, 2.75) is 38.5 Å². The highest BCUT2D eigenvalue weighted by Crippen LogP contribution is 2.44. The van der Waals surface area contributed by atoms with E-state index in [0.29, 0.717) is 28.9 Å². The van der Waals surface area contributed by atoms with Gasteiger partial charge in [-0.15, -0.1) is 0 Å². The molecule has 32 heavy (non-hydrogen) atoms. The third-order valence-corrected chi connectivity index (χ3v) is 6.94. The minimum atomic E-state index is -0.457. The van der Waals surface area contributed by atoms with Gasteiger partial charge in [-0.05, 0) is 61.5 Å². The number of hydrogen-bond acceptors (Lipinski definition) is 6. The second kappa shape index (κ2) is 10.5. The molecule has 0 atom stereocenters. The van der Waals surface area contributed by atoms with Crippen LogP contribution in [0.25, 0.3) is 0 Å². The number of esters is 1. The number of nitrogens with zero attached hydrogens (tertiary/aromatic N) is 3. The van der Waals surface area contributed by atoms with Gasteiger partial charge in [-0.1, -0.05) is 17.7 Å². The van der Waals surface area contributed by atoms with Crippen LogP contribution in [0.5, 0.6) is 5.75 Å². The summed E-state index contributed by atoms with van der Waals surface area (Å²) in [6.07, 6.45) is 9.07. The number of anilines is 1. The summed E-state index contributed by atoms with van der Waals surface area (Å²) >= 11 is 5.88. The van der Waals surface area contributed by atoms with Crippen LogP contribution in [0.3, 0.4) is 0 Å². The molecule has 0 N–H and O–H groups in total. The van der Waals surface area contributed by atoms with Gasteiger partial charge < -0.3 is 14.4 Å². The van der Waals surface area contributed by atoms with Crippen molar-refractivity contribution in [3.05, 3.63) is 47.0 Å². The molecule has 1 aromatic carbocycles. The Bertz CT molecular complexity index is 913. The number of rotatable bonds is 8. The van der Waals surface area contributed by atoms with Gasteiger partial charge >= 0.3 is 5.97 Å². The minimum absolute atomic E-state index is 0.0717. The molecule has 0 spiro atoms. The Morgan fingerprint density at radius 2 is 1.91 bits per heavy atom. The molecule has 0 unspecified atom stereocenters. The highest BCUT2D eigenvalue weighted by Gasteiger charge is 2.36. The summed E-state index contributed by atoms with van der Waals surface area (Å²) in [5, 5.41) is 0.564. The van der Waals surface area contributed by atoms with Gasteiger partial charge in [0.25, 0.3) is 0 Å². The minimum Gasteiger partial charge on any atom is -0.493 e. The molecule has 4 rings (SSSR count). The number of piperidine rings is 1. The van der Waals surface area contributed by atoms with E-state index in [1.165, 1.54) is 38.9 Å². The average Bonchev–Trinajstić information content (AvgIpc) is 2.77. The number of halogens is 2. The number of hydrogen-bond donors (Lipinski definition) is 0. The molecule has 0 radical (unpaired) electrons. The molecule has 8 heteroatoms. The fourth-order valence-corrected chi connectivity index (χ4v) is 4.88. The maximum absolute atomic E-state index is 14.1. The van der Waals surface area contributed by atoms with Crippen molar-refractivity contribution >= 4 is 23.5 Å². The highest BCUT2D eigenvalue weighted by atomic mass is 35.5. The summed E-state index contributed by atoms with van der Waals surface area (Å²) < 4.78 is 24.4. The van der Waals surface area contributed by atoms with Crippen LogP contribution in [-0.2, 0) is 16.0 Å². The third-order valence-electron chi connectivity index (χ3n) is 6.75. The SMILES string of the molecule is COC(=O)Cc1ccc(OCCC2CC(C3CCN(c4ncc(Cl)cn4)CC3)C2)cc1F. The highest BCUT2D eigenvalue weighted by molar-refractivity contribution is 6.30. The van der Waals surface area contributed by atoms with E-state index >= 15 is 0 Å². The zero-order valence-corrected chi connectivity index (χ0v) is 19.1. The van der Waals surface area contributed by atoms with Gasteiger partial charge in [0, 0.05) is 19.2 Å². The molecule has 2 aliphatic rings. The Hall–Kier alpha value is -2.41. The van der Waals surface area contributed by atoms with Gasteiger partial charge in [-0.2, -0.15) is 0 Å². The maximum Gasteiger partial charge on any atom is 0.310 e. The van der Waals surface area contributed by atoms with Crippen molar-refractivity contribution in [1.82, 2.24) is 9.97 Å². The molecule has 0 bridgehead atoms. The van der Waals surface area contributed by atoms with E-state index < -0.39 is 11.8 Å². The topological polar surface area (TPSA) is 64.6 Å². The van der Waals surface area contributed by atoms with Crippen molar-refractivity contribution in [3.8, 4) is 5.75 Å². The summed E-state index contributed by atoms with van der Waals surface area (Å²) in [5.41, 5.74) is 0.319. The first-order chi connectivity index (χ1) is 15.5. The van der Waals surface area contributed by atoms with E-state index in [1.54, 1.807) is 24.5 Å². The van der Waals surface area contributed by atoms with Crippen molar-refractivity contribution in [2.24, 2.45) is 17.8 Å². The van der Waals surface area contributed by atoms with Crippen LogP contribution in [0.4, 0.5) is 10.3 Å². The number of aromatic nitrogens is 2. The van der Waals surface area contributed by atoms with E-state index in [4.69, 9.17) is 16.3 Å². The molecular formula is C24H29ClFN3O3. The van der Waals surface area contributed by atoms with E-state index in [9.17, 15) is 9.18 Å². The second-order valence-corrected chi connectivity index (χ2v) is 9.20. The van der Waals surface area contributed by atoms with Crippen LogP contribution in [0.1, 0.15) is 37.7 Å². The fourth-order valence-electron chi connectivity index (χ4n) is 4.78. The number of methoxy groups -OCH3 is 1. The van der Waals surface area contributed by atoms with Gasteiger partial charge in [0.1, 0.15) is 11.6 Å². The molecule has 2 fully saturated rings. The van der Waals surface area contributed by atoms with E-state index in [0.717, 1.165) is 37.3 Å². The first-order valence-electron chi connectivity index (χ1n) is 11.2. The van der Waals surface area contributed by atoms with E-state index in [1.807, 2.05) is 0 Å². The van der Waals surface area contributed by atoms with Crippen LogP contribution in [0, 0.1) is 23.6 Å². The Balaban J connectivity index is 1.14. The molecule has 1 aromatic heterocycles. The molecule has 2 aromatic rings. The number of carbonyl (C=O) groups is 1. The summed E-state index contributed by atoms with van der Waals surface area (Å²) in [6, 6.07) is 4.64. The average molecular weight is 462 g/mol. The van der Waals surface area contributed by atoms with Crippen molar-refractivity contribution in [1.29, 1.82) is 0 Å². The van der Waals surface area contributed by atoms with Gasteiger partial charge in [0.2, 0.25) is 5.95 Å². The lowest BCUT2D eigenvalue weighted by atomic mass is 9.65. The first kappa shape index (κ1) is 22.8. The van der Waals surface area contributed by atoms with E-state index in [-0.39, 0.29) is 6.42 Å². The molecule has 1 aliphatic carbocycles. The van der Waals surface area contributed by atoms with E-state index in [2.05, 4.69) is 19.6 Å². The Labute approximate surface area is 193 Å². The van der Waals surface area contributed by atoms with Gasteiger partial charge in [-0.25, -0.2) is 14.4 Å². The standard InChI is InChI=1S/C24H29ClFN3O3/c1-31-23(30)12-18-2-3-21(13-22(18)26)32-9-6-16-10-19(11-16)17-4-7-29(8-5-17)24-27-14-20(25)15-28-24/h2-3,13-17,19H,4-12H2,1H3. The molecule has 2 heterocycles. The molecule has 1 saturated heterocycles. The van der Waals surface area contributed by atoms with Crippen molar-refractivity contribution in [3.63, 3.8) is 0 Å². The summed E-state index contributed by atoms with van der Waals surface area (Å²) in [5.74, 6) is 2.62. The number of ether oxygens (including phenoxy) is 2. The molecule has 172 valence electrons. The van der Waals surface area contributed by atoms with Crippen molar-refractivity contribution in [2.75, 3.05) is 31.7 Å². The quantitative estimate of drug-likeness (QED) is 0.531. The van der Waals surface area contributed by atoms with Crippen LogP contribution in [0.15, 0.2) is 30.6 Å². The monoisotopic (exact) mass is 461 g/mol. The van der Waals surface area contributed by atoms with Crippen LogP contribution in [-0.4, -0.2) is 42.7 Å². The zero-order chi connectivity index (χ0) is 22.5. The van der Waals surface area contributed by atoms with Gasteiger partial charge in [0.15, 0.2) is 0 Å². The van der Waals surface area contributed by atoms with Gasteiger partial charge in [0.05, 0.1) is 37.6 Å². The largest absolute Gasteiger partial charge is 0.493 e. The predicted octanol–water partition coefficient (Wildman–Crippen LogP) is 4.70. The van der Waals surface area contributed by atoms with Gasteiger partial charge in [-0.3, -0.25) is 4.79 Å². The van der Waals surface area contributed by atoms with Crippen molar-refractivity contribution < 1.29 is 18.7 Å². The predicted molar refractivity (Wildman–Crippen MR) is 120 cm³/mol. The maximum atomic E-state index is 14.1. The lowest BCUT2D eigenvalue weighted by molar-refractivity contribution is -0.139. The summed E-state index contributed by atoms with van der Waals surface area (Å²) in [7, 11) is 1.29. The lowest BCUT2D eigenvalue weighted by Crippen LogP contribution is -2.40. The Morgan fingerprint density at radius 3 is 2.56 bits per heavy atom. The zero-order valence-electron chi connectivity index (χ0n) is 18.3.